The number of pyridine rings is 1. The number of aliphatic imine (C=N–C) groups is 1. The van der Waals surface area contributed by atoms with Gasteiger partial charge in [-0.05, 0) is 47.0 Å². The maximum Gasteiger partial charge on any atom is 0.417 e. The summed E-state index contributed by atoms with van der Waals surface area (Å²) in [5.41, 5.74) is 2.78. The molecule has 0 radical (unpaired) electrons. The van der Waals surface area contributed by atoms with Crippen molar-refractivity contribution in [2.75, 3.05) is 11.9 Å². The molecule has 5 aromatic rings. The first-order valence-electron chi connectivity index (χ1n) is 15.4. The van der Waals surface area contributed by atoms with Gasteiger partial charge in [0, 0.05) is 29.8 Å². The van der Waals surface area contributed by atoms with Gasteiger partial charge in [-0.15, -0.1) is 0 Å². The van der Waals surface area contributed by atoms with Crippen LogP contribution in [-0.4, -0.2) is 57.2 Å². The van der Waals surface area contributed by atoms with Gasteiger partial charge in [0.1, 0.15) is 18.3 Å². The van der Waals surface area contributed by atoms with Gasteiger partial charge in [0.15, 0.2) is 6.04 Å². The molecular formula is C38H32N4O6. The number of carboxylic acids is 1. The number of nitrogens with one attached hydrogen (secondary N) is 1. The lowest BCUT2D eigenvalue weighted by atomic mass is 9.86. The Morgan fingerprint density at radius 3 is 2.38 bits per heavy atom. The number of imide groups is 1. The highest BCUT2D eigenvalue weighted by Crippen LogP contribution is 2.34. The van der Waals surface area contributed by atoms with E-state index in [1.165, 1.54) is 6.20 Å². The van der Waals surface area contributed by atoms with Crippen LogP contribution >= 0.6 is 0 Å². The van der Waals surface area contributed by atoms with E-state index in [9.17, 15) is 24.3 Å². The standard InChI is InChI=1S/C38H32N4O6/c1-24(29-15-7-8-16-31(29)41-36(44)32-17-9-10-20-39-32)40-35(37(45)46)30(28-19-18-25-11-5-6-14-27(25)21-28)22-34(43)42-33(23-48-38(42)47)26-12-3-2-4-13-26/h2-21,30,33,35H,22-23H2,1H3,(H,41,44)(H,45,46)/t30-,33-,35+/m0/s1. The van der Waals surface area contributed by atoms with Crippen LogP contribution in [0.3, 0.4) is 0 Å². The summed E-state index contributed by atoms with van der Waals surface area (Å²) in [4.78, 5) is 62.7. The van der Waals surface area contributed by atoms with Crippen molar-refractivity contribution in [2.24, 2.45) is 4.99 Å². The van der Waals surface area contributed by atoms with E-state index in [1.807, 2.05) is 66.7 Å². The number of aromatic nitrogens is 1. The third-order valence-electron chi connectivity index (χ3n) is 8.35. The second kappa shape index (κ2) is 14.1. The van der Waals surface area contributed by atoms with Crippen molar-refractivity contribution in [1.82, 2.24) is 9.88 Å². The molecule has 1 aliphatic heterocycles. The number of nitrogens with zero attached hydrogens (tertiary/aromatic N) is 3. The van der Waals surface area contributed by atoms with Crippen LogP contribution in [0.5, 0.6) is 0 Å². The van der Waals surface area contributed by atoms with E-state index in [2.05, 4.69) is 15.3 Å². The summed E-state index contributed by atoms with van der Waals surface area (Å²) in [6, 6.07) is 32.1. The molecule has 3 atom stereocenters. The summed E-state index contributed by atoms with van der Waals surface area (Å²) in [6.45, 7) is 1.65. The third kappa shape index (κ3) is 6.82. The number of para-hydroxylation sites is 1. The zero-order chi connectivity index (χ0) is 33.6. The summed E-state index contributed by atoms with van der Waals surface area (Å²) in [7, 11) is 0. The molecule has 0 unspecified atom stereocenters. The fourth-order valence-corrected chi connectivity index (χ4v) is 5.94. The molecule has 3 amide bonds. The number of amides is 3. The monoisotopic (exact) mass is 640 g/mol. The molecule has 6 rings (SSSR count). The lowest BCUT2D eigenvalue weighted by Crippen LogP contribution is -2.38. The number of ether oxygens (including phenoxy) is 1. The van der Waals surface area contributed by atoms with Crippen molar-refractivity contribution in [3.8, 4) is 0 Å². The third-order valence-corrected chi connectivity index (χ3v) is 8.35. The maximum atomic E-state index is 14.0. The number of benzene rings is 4. The zero-order valence-electron chi connectivity index (χ0n) is 26.0. The minimum Gasteiger partial charge on any atom is -0.480 e. The Morgan fingerprint density at radius 1 is 0.917 bits per heavy atom. The molecule has 2 heterocycles. The Bertz CT molecular complexity index is 2010. The molecule has 0 saturated carbocycles. The van der Waals surface area contributed by atoms with Crippen molar-refractivity contribution < 1.29 is 29.0 Å². The van der Waals surface area contributed by atoms with Gasteiger partial charge in [-0.25, -0.2) is 14.5 Å². The van der Waals surface area contributed by atoms with Crippen molar-refractivity contribution in [2.45, 2.75) is 31.3 Å². The van der Waals surface area contributed by atoms with Crippen LogP contribution in [-0.2, 0) is 14.3 Å². The Labute approximate surface area is 276 Å². The van der Waals surface area contributed by atoms with Crippen LogP contribution in [0, 0.1) is 0 Å². The molecule has 0 bridgehead atoms. The van der Waals surface area contributed by atoms with Crippen molar-refractivity contribution in [1.29, 1.82) is 0 Å². The van der Waals surface area contributed by atoms with Crippen LogP contribution in [0.25, 0.3) is 10.8 Å². The van der Waals surface area contributed by atoms with E-state index in [1.54, 1.807) is 55.5 Å². The Balaban J connectivity index is 1.37. The molecule has 0 aliphatic carbocycles. The van der Waals surface area contributed by atoms with E-state index < -0.39 is 41.9 Å². The molecule has 10 nitrogen and oxygen atoms in total. The molecule has 4 aromatic carbocycles. The normalized spacial score (nSPS) is 15.9. The van der Waals surface area contributed by atoms with Gasteiger partial charge in [0.2, 0.25) is 5.91 Å². The summed E-state index contributed by atoms with van der Waals surface area (Å²) in [5, 5.41) is 15.3. The number of hydrogen-bond donors (Lipinski definition) is 2. The zero-order valence-corrected chi connectivity index (χ0v) is 26.0. The number of cyclic esters (lactones) is 1. The van der Waals surface area contributed by atoms with Gasteiger partial charge in [-0.1, -0.05) is 97.1 Å². The topological polar surface area (TPSA) is 138 Å². The SMILES string of the molecule is CC(=N[C@@H](C(=O)O)[C@@H](CC(=O)N1C(=O)OC[C@H]1c1ccccc1)c1ccc2ccccc2c1)c1ccccc1NC(=O)c1ccccn1. The fraction of sp³-hybridized carbons (Fsp3) is 0.158. The molecule has 10 heteroatoms. The number of carboxylic acid groups (broad SMARTS) is 1. The van der Waals surface area contributed by atoms with Gasteiger partial charge in [-0.3, -0.25) is 19.6 Å². The molecular weight excluding hydrogens is 608 g/mol. The number of hydrogen-bond acceptors (Lipinski definition) is 7. The molecule has 1 aliphatic rings. The first kappa shape index (κ1) is 31.8. The maximum absolute atomic E-state index is 14.0. The average Bonchev–Trinajstić information content (AvgIpc) is 3.51. The summed E-state index contributed by atoms with van der Waals surface area (Å²) >= 11 is 0. The summed E-state index contributed by atoms with van der Waals surface area (Å²) < 4.78 is 5.29. The Morgan fingerprint density at radius 2 is 1.62 bits per heavy atom. The molecule has 1 aromatic heterocycles. The Hall–Kier alpha value is -6.16. The van der Waals surface area contributed by atoms with E-state index >= 15 is 0 Å². The lowest BCUT2D eigenvalue weighted by molar-refractivity contribution is -0.139. The quantitative estimate of drug-likeness (QED) is 0.163. The van der Waals surface area contributed by atoms with Crippen molar-refractivity contribution in [3.63, 3.8) is 0 Å². The number of aliphatic carboxylic acids is 1. The van der Waals surface area contributed by atoms with Gasteiger partial charge in [-0.2, -0.15) is 0 Å². The highest BCUT2D eigenvalue weighted by Gasteiger charge is 2.41. The fourth-order valence-electron chi connectivity index (χ4n) is 5.94. The first-order chi connectivity index (χ1) is 23.3. The van der Waals surface area contributed by atoms with E-state index in [4.69, 9.17) is 4.74 Å². The minimum atomic E-state index is -1.43. The van der Waals surface area contributed by atoms with Crippen LogP contribution in [0.1, 0.15) is 52.5 Å². The molecule has 1 fully saturated rings. The second-order valence-corrected chi connectivity index (χ2v) is 11.4. The number of carbonyl (C=O) groups is 4. The van der Waals surface area contributed by atoms with Crippen molar-refractivity contribution in [3.05, 3.63) is 144 Å². The predicted octanol–water partition coefficient (Wildman–Crippen LogP) is 6.64. The van der Waals surface area contributed by atoms with E-state index in [0.29, 0.717) is 22.5 Å². The number of anilines is 1. The lowest BCUT2D eigenvalue weighted by Gasteiger charge is -2.26. The van der Waals surface area contributed by atoms with E-state index in [0.717, 1.165) is 21.2 Å². The summed E-state index contributed by atoms with van der Waals surface area (Å²) in [6.07, 6.45) is 0.404. The largest absolute Gasteiger partial charge is 0.480 e. The Kier molecular flexibility index (Phi) is 9.33. The van der Waals surface area contributed by atoms with Crippen LogP contribution in [0.15, 0.2) is 126 Å². The molecule has 1 saturated heterocycles. The van der Waals surface area contributed by atoms with Gasteiger partial charge >= 0.3 is 12.1 Å². The van der Waals surface area contributed by atoms with Crippen LogP contribution in [0.4, 0.5) is 10.5 Å². The number of carbonyl (C=O) groups excluding carboxylic acids is 3. The minimum absolute atomic E-state index is 0.00411. The molecule has 48 heavy (non-hydrogen) atoms. The predicted molar refractivity (Wildman–Crippen MR) is 181 cm³/mol. The van der Waals surface area contributed by atoms with Crippen LogP contribution < -0.4 is 5.32 Å². The number of rotatable bonds is 10. The second-order valence-electron chi connectivity index (χ2n) is 11.4. The number of fused-ring (bicyclic) bond motifs is 1. The van der Waals surface area contributed by atoms with Crippen molar-refractivity contribution >= 4 is 46.0 Å². The van der Waals surface area contributed by atoms with Crippen LogP contribution in [0.2, 0.25) is 0 Å². The molecule has 0 spiro atoms. The van der Waals surface area contributed by atoms with E-state index in [-0.39, 0.29) is 18.7 Å². The highest BCUT2D eigenvalue weighted by molar-refractivity contribution is 6.10. The smallest absolute Gasteiger partial charge is 0.417 e. The van der Waals surface area contributed by atoms with Gasteiger partial charge < -0.3 is 15.2 Å². The van der Waals surface area contributed by atoms with Gasteiger partial charge in [0.05, 0.1) is 5.69 Å². The molecule has 2 N–H and O–H groups in total. The molecule has 240 valence electrons. The van der Waals surface area contributed by atoms with Gasteiger partial charge in [0.25, 0.3) is 5.91 Å². The highest BCUT2D eigenvalue weighted by atomic mass is 16.6. The average molecular weight is 641 g/mol. The summed E-state index contributed by atoms with van der Waals surface area (Å²) in [5.74, 6) is -3.23. The first-order valence-corrected chi connectivity index (χ1v) is 15.4.